The third kappa shape index (κ3) is 3.96. The minimum absolute atomic E-state index is 0.0157. The van der Waals surface area contributed by atoms with Crippen LogP contribution in [0.4, 0.5) is 0 Å². The summed E-state index contributed by atoms with van der Waals surface area (Å²) in [6, 6.07) is 15.4. The number of aromatic nitrogens is 4. The van der Waals surface area contributed by atoms with Crippen molar-refractivity contribution in [2.45, 2.75) is 44.1 Å². The maximum atomic E-state index is 12.9. The van der Waals surface area contributed by atoms with Crippen molar-refractivity contribution in [1.29, 1.82) is 0 Å². The number of benzene rings is 2. The predicted molar refractivity (Wildman–Crippen MR) is 115 cm³/mol. The molecule has 0 saturated carbocycles. The summed E-state index contributed by atoms with van der Waals surface area (Å²) in [4.78, 5) is 17.7. The Kier molecular flexibility index (Phi) is 5.49. The molecule has 7 heteroatoms. The maximum Gasteiger partial charge on any atom is 0.262 e. The van der Waals surface area contributed by atoms with Crippen molar-refractivity contribution in [3.05, 3.63) is 70.3 Å². The number of hydrogen-bond donors (Lipinski definition) is 0. The molecule has 2 aromatic carbocycles. The monoisotopic (exact) mass is 406 g/mol. The Morgan fingerprint density at radius 1 is 1.10 bits per heavy atom. The average Bonchev–Trinajstić information content (AvgIpc) is 3.22. The lowest BCUT2D eigenvalue weighted by Crippen LogP contribution is -2.23. The van der Waals surface area contributed by atoms with Crippen molar-refractivity contribution in [2.75, 3.05) is 0 Å². The van der Waals surface area contributed by atoms with E-state index in [0.717, 1.165) is 12.0 Å². The summed E-state index contributed by atoms with van der Waals surface area (Å²) in [5.74, 6) is 1.00. The zero-order valence-corrected chi connectivity index (χ0v) is 17.4. The van der Waals surface area contributed by atoms with E-state index < -0.39 is 0 Å². The van der Waals surface area contributed by atoms with Gasteiger partial charge in [-0.15, -0.1) is 10.2 Å². The highest BCUT2D eigenvalue weighted by Gasteiger charge is 2.20. The molecular formula is C22H22N4O2S. The minimum atomic E-state index is -0.141. The van der Waals surface area contributed by atoms with Gasteiger partial charge >= 0.3 is 0 Å². The van der Waals surface area contributed by atoms with Gasteiger partial charge in [0.05, 0.1) is 16.2 Å². The minimum Gasteiger partial charge on any atom is -0.419 e. The molecule has 0 aliphatic rings. The van der Waals surface area contributed by atoms with Crippen molar-refractivity contribution in [3.8, 4) is 11.5 Å². The Labute approximate surface area is 173 Å². The number of fused-ring (bicyclic) bond motifs is 1. The van der Waals surface area contributed by atoms with E-state index in [2.05, 4.69) is 10.2 Å². The molecule has 0 N–H and O–H groups in total. The van der Waals surface area contributed by atoms with E-state index in [1.807, 2.05) is 69.3 Å². The van der Waals surface area contributed by atoms with E-state index in [4.69, 9.17) is 9.40 Å². The van der Waals surface area contributed by atoms with Gasteiger partial charge in [-0.2, -0.15) is 0 Å². The lowest BCUT2D eigenvalue weighted by atomic mass is 10.1. The Morgan fingerprint density at radius 2 is 1.86 bits per heavy atom. The van der Waals surface area contributed by atoms with Gasteiger partial charge in [-0.1, -0.05) is 48.5 Å². The van der Waals surface area contributed by atoms with Gasteiger partial charge in [0.25, 0.3) is 5.56 Å². The van der Waals surface area contributed by atoms with Crippen molar-refractivity contribution < 1.29 is 4.42 Å². The second kappa shape index (κ2) is 8.21. The van der Waals surface area contributed by atoms with Crippen LogP contribution >= 0.6 is 11.8 Å². The third-order valence-electron chi connectivity index (χ3n) is 4.64. The lowest BCUT2D eigenvalue weighted by Gasteiger charge is -2.14. The summed E-state index contributed by atoms with van der Waals surface area (Å²) in [5, 5.41) is 9.57. The fourth-order valence-electron chi connectivity index (χ4n) is 3.08. The second-order valence-electron chi connectivity index (χ2n) is 6.94. The lowest BCUT2D eigenvalue weighted by molar-refractivity contribution is 0.507. The zero-order valence-electron chi connectivity index (χ0n) is 16.6. The first-order valence-corrected chi connectivity index (χ1v) is 10.5. The topological polar surface area (TPSA) is 73.8 Å². The maximum absolute atomic E-state index is 12.9. The van der Waals surface area contributed by atoms with Crippen LogP contribution in [0.5, 0.6) is 0 Å². The van der Waals surface area contributed by atoms with Crippen molar-refractivity contribution in [2.24, 2.45) is 0 Å². The van der Waals surface area contributed by atoms with E-state index in [0.29, 0.717) is 34.4 Å². The quantitative estimate of drug-likeness (QED) is 0.331. The van der Waals surface area contributed by atoms with Gasteiger partial charge in [-0.25, -0.2) is 4.98 Å². The molecule has 6 nitrogen and oxygen atoms in total. The molecule has 0 bridgehead atoms. The summed E-state index contributed by atoms with van der Waals surface area (Å²) in [7, 11) is 0. The van der Waals surface area contributed by atoms with Crippen LogP contribution in [-0.2, 0) is 6.54 Å². The van der Waals surface area contributed by atoms with Gasteiger partial charge in [0.15, 0.2) is 5.16 Å². The van der Waals surface area contributed by atoms with E-state index in [1.54, 1.807) is 4.57 Å². The molecule has 4 rings (SSSR count). The first-order chi connectivity index (χ1) is 14.1. The molecule has 0 saturated heterocycles. The number of para-hydroxylation sites is 1. The molecule has 0 aliphatic heterocycles. The van der Waals surface area contributed by atoms with Gasteiger partial charge < -0.3 is 4.42 Å². The average molecular weight is 407 g/mol. The third-order valence-corrected chi connectivity index (χ3v) is 5.72. The van der Waals surface area contributed by atoms with Gasteiger partial charge in [0.1, 0.15) is 0 Å². The number of rotatable bonds is 6. The van der Waals surface area contributed by atoms with E-state index in [1.165, 1.54) is 17.3 Å². The second-order valence-corrected chi connectivity index (χ2v) is 8.25. The molecule has 1 atom stereocenters. The summed E-state index contributed by atoms with van der Waals surface area (Å²) >= 11 is 1.46. The zero-order chi connectivity index (χ0) is 20.4. The first-order valence-electron chi connectivity index (χ1n) is 9.63. The van der Waals surface area contributed by atoms with E-state index in [9.17, 15) is 4.79 Å². The van der Waals surface area contributed by atoms with Crippen LogP contribution in [0.25, 0.3) is 22.4 Å². The van der Waals surface area contributed by atoms with Crippen LogP contribution in [0.3, 0.4) is 0 Å². The highest BCUT2D eigenvalue weighted by Crippen LogP contribution is 2.34. The molecule has 0 aliphatic carbocycles. The number of hydrogen-bond acceptors (Lipinski definition) is 6. The molecule has 148 valence electrons. The van der Waals surface area contributed by atoms with E-state index in [-0.39, 0.29) is 10.8 Å². The Balaban J connectivity index is 1.65. The standard InChI is InChI=1S/C22H22N4O2S/c1-4-13-26-21(27)17-7-5-6-8-18(17)23-22(26)29-15(3)19-24-25-20(28-19)16-11-9-14(2)10-12-16/h5-12,15H,4,13H2,1-3H3/t15-/m0/s1. The molecule has 4 aromatic rings. The molecular weight excluding hydrogens is 384 g/mol. The van der Waals surface area contributed by atoms with Gasteiger partial charge in [-0.05, 0) is 44.5 Å². The molecule has 0 unspecified atom stereocenters. The molecule has 0 fully saturated rings. The van der Waals surface area contributed by atoms with Crippen LogP contribution in [0.15, 0.2) is 62.9 Å². The largest absolute Gasteiger partial charge is 0.419 e. The highest BCUT2D eigenvalue weighted by atomic mass is 32.2. The van der Waals surface area contributed by atoms with Gasteiger partial charge in [0.2, 0.25) is 11.8 Å². The SMILES string of the molecule is CCCn1c(S[C@@H](C)c2nnc(-c3ccc(C)cc3)o2)nc2ccccc2c1=O. The first kappa shape index (κ1) is 19.4. The Morgan fingerprint density at radius 3 is 2.62 bits per heavy atom. The predicted octanol–water partition coefficient (Wildman–Crippen LogP) is 5.02. The van der Waals surface area contributed by atoms with Crippen LogP contribution in [0.2, 0.25) is 0 Å². The molecule has 2 aromatic heterocycles. The number of aryl methyl sites for hydroxylation is 1. The normalized spacial score (nSPS) is 12.4. The molecule has 2 heterocycles. The molecule has 0 radical (unpaired) electrons. The van der Waals surface area contributed by atoms with Crippen LogP contribution < -0.4 is 5.56 Å². The summed E-state index contributed by atoms with van der Waals surface area (Å²) in [6.45, 7) is 6.68. The van der Waals surface area contributed by atoms with Crippen molar-refractivity contribution in [1.82, 2.24) is 19.7 Å². The van der Waals surface area contributed by atoms with Gasteiger partial charge in [-0.3, -0.25) is 9.36 Å². The van der Waals surface area contributed by atoms with Crippen molar-refractivity contribution in [3.63, 3.8) is 0 Å². The highest BCUT2D eigenvalue weighted by molar-refractivity contribution is 7.99. The smallest absolute Gasteiger partial charge is 0.262 e. The molecule has 0 amide bonds. The van der Waals surface area contributed by atoms with Crippen LogP contribution in [-0.4, -0.2) is 19.7 Å². The Bertz CT molecular complexity index is 1200. The van der Waals surface area contributed by atoms with Crippen LogP contribution in [0, 0.1) is 6.92 Å². The van der Waals surface area contributed by atoms with Crippen molar-refractivity contribution >= 4 is 22.7 Å². The summed E-state index contributed by atoms with van der Waals surface area (Å²) in [6.07, 6.45) is 0.847. The number of thioether (sulfide) groups is 1. The van der Waals surface area contributed by atoms with Crippen LogP contribution in [0.1, 0.15) is 37.0 Å². The summed E-state index contributed by atoms with van der Waals surface area (Å²) in [5.41, 5.74) is 2.75. The fraction of sp³-hybridized carbons (Fsp3) is 0.273. The van der Waals surface area contributed by atoms with Gasteiger partial charge in [0, 0.05) is 12.1 Å². The molecule has 0 spiro atoms. The fourth-order valence-corrected chi connectivity index (χ4v) is 4.04. The number of nitrogens with zero attached hydrogens (tertiary/aromatic N) is 4. The Hall–Kier alpha value is -2.93. The van der Waals surface area contributed by atoms with E-state index >= 15 is 0 Å². The molecule has 29 heavy (non-hydrogen) atoms. The summed E-state index contributed by atoms with van der Waals surface area (Å²) < 4.78 is 7.64.